The molecule has 0 aliphatic rings. The highest BCUT2D eigenvalue weighted by molar-refractivity contribution is 9.10. The number of nitrogens with one attached hydrogen (secondary N) is 1. The van der Waals surface area contributed by atoms with Gasteiger partial charge < -0.3 is 10.4 Å². The van der Waals surface area contributed by atoms with Crippen LogP contribution in [0.3, 0.4) is 0 Å². The molecule has 104 valence electrons. The van der Waals surface area contributed by atoms with Crippen LogP contribution in [-0.2, 0) is 9.59 Å². The minimum absolute atomic E-state index is 0.0627. The number of hydrogen-bond acceptors (Lipinski definition) is 3. The Morgan fingerprint density at radius 3 is 2.42 bits per heavy atom. The third kappa shape index (κ3) is 5.85. The van der Waals surface area contributed by atoms with E-state index < -0.39 is 5.97 Å². The van der Waals surface area contributed by atoms with Crippen LogP contribution in [0.15, 0.2) is 28.7 Å². The molecule has 5 nitrogen and oxygen atoms in total. The van der Waals surface area contributed by atoms with Crippen molar-refractivity contribution in [3.05, 3.63) is 34.3 Å². The highest BCUT2D eigenvalue weighted by Crippen LogP contribution is 2.16. The van der Waals surface area contributed by atoms with Crippen LogP contribution in [0.1, 0.15) is 18.5 Å². The number of rotatable bonds is 6. The highest BCUT2D eigenvalue weighted by Gasteiger charge is 2.13. The summed E-state index contributed by atoms with van der Waals surface area (Å²) in [7, 11) is 1.60. The maximum Gasteiger partial charge on any atom is 0.317 e. The SMILES string of the molecule is CC(NC(=O)CN(C)CC(=O)O)c1ccc(Br)cc1. The second kappa shape index (κ2) is 7.25. The molecule has 1 amide bonds. The number of hydrogen-bond donors (Lipinski definition) is 2. The van der Waals surface area contributed by atoms with Gasteiger partial charge in [-0.15, -0.1) is 0 Å². The first kappa shape index (κ1) is 15.7. The molecule has 0 spiro atoms. The van der Waals surface area contributed by atoms with E-state index in [9.17, 15) is 9.59 Å². The summed E-state index contributed by atoms with van der Waals surface area (Å²) in [6.07, 6.45) is 0. The molecule has 0 bridgehead atoms. The summed E-state index contributed by atoms with van der Waals surface area (Å²) in [5.74, 6) is -1.14. The van der Waals surface area contributed by atoms with Crippen molar-refractivity contribution in [1.82, 2.24) is 10.2 Å². The molecule has 6 heteroatoms. The maximum absolute atomic E-state index is 11.7. The van der Waals surface area contributed by atoms with Crippen molar-refractivity contribution in [2.24, 2.45) is 0 Å². The summed E-state index contributed by atoms with van der Waals surface area (Å²) in [6, 6.07) is 7.56. The van der Waals surface area contributed by atoms with E-state index in [0.717, 1.165) is 10.0 Å². The van der Waals surface area contributed by atoms with Gasteiger partial charge in [-0.25, -0.2) is 0 Å². The van der Waals surface area contributed by atoms with Crippen LogP contribution in [0.4, 0.5) is 0 Å². The fraction of sp³-hybridized carbons (Fsp3) is 0.385. The van der Waals surface area contributed by atoms with Crippen molar-refractivity contribution in [2.75, 3.05) is 20.1 Å². The van der Waals surface area contributed by atoms with Crippen LogP contribution < -0.4 is 5.32 Å². The van der Waals surface area contributed by atoms with E-state index in [2.05, 4.69) is 21.2 Å². The Morgan fingerprint density at radius 2 is 1.89 bits per heavy atom. The van der Waals surface area contributed by atoms with Crippen LogP contribution in [0.2, 0.25) is 0 Å². The van der Waals surface area contributed by atoms with Crippen molar-refractivity contribution in [2.45, 2.75) is 13.0 Å². The Bertz CT molecular complexity index is 448. The second-order valence-electron chi connectivity index (χ2n) is 4.41. The summed E-state index contributed by atoms with van der Waals surface area (Å²) in [4.78, 5) is 23.7. The maximum atomic E-state index is 11.7. The molecule has 1 aromatic rings. The quantitative estimate of drug-likeness (QED) is 0.833. The largest absolute Gasteiger partial charge is 0.480 e. The number of amides is 1. The van der Waals surface area contributed by atoms with Gasteiger partial charge in [-0.1, -0.05) is 28.1 Å². The Balaban J connectivity index is 2.47. The highest BCUT2D eigenvalue weighted by atomic mass is 79.9. The molecular weight excluding hydrogens is 312 g/mol. The number of aliphatic carboxylic acids is 1. The minimum atomic E-state index is -0.948. The second-order valence-corrected chi connectivity index (χ2v) is 5.32. The van der Waals surface area contributed by atoms with Crippen LogP contribution in [0.5, 0.6) is 0 Å². The first-order valence-electron chi connectivity index (χ1n) is 5.83. The number of likely N-dealkylation sites (N-methyl/N-ethyl adjacent to an activating group) is 1. The molecule has 0 saturated heterocycles. The zero-order chi connectivity index (χ0) is 14.4. The number of carbonyl (C=O) groups is 2. The standard InChI is InChI=1S/C13H17BrN2O3/c1-9(10-3-5-11(14)6-4-10)15-12(17)7-16(2)8-13(18)19/h3-6,9H,7-8H2,1-2H3,(H,15,17)(H,18,19). The predicted molar refractivity (Wildman–Crippen MR) is 75.8 cm³/mol. The molecule has 19 heavy (non-hydrogen) atoms. The fourth-order valence-electron chi connectivity index (χ4n) is 1.65. The molecule has 0 aromatic heterocycles. The zero-order valence-electron chi connectivity index (χ0n) is 10.9. The summed E-state index contributed by atoms with van der Waals surface area (Å²) >= 11 is 3.35. The van der Waals surface area contributed by atoms with Crippen molar-refractivity contribution < 1.29 is 14.7 Å². The van der Waals surface area contributed by atoms with Crippen molar-refractivity contribution in [3.8, 4) is 0 Å². The first-order valence-corrected chi connectivity index (χ1v) is 6.63. The van der Waals surface area contributed by atoms with Crippen molar-refractivity contribution in [1.29, 1.82) is 0 Å². The smallest absolute Gasteiger partial charge is 0.317 e. The van der Waals surface area contributed by atoms with Crippen LogP contribution >= 0.6 is 15.9 Å². The van der Waals surface area contributed by atoms with Crippen LogP contribution in [0, 0.1) is 0 Å². The van der Waals surface area contributed by atoms with E-state index >= 15 is 0 Å². The van der Waals surface area contributed by atoms with Gasteiger partial charge in [0.05, 0.1) is 19.1 Å². The summed E-state index contributed by atoms with van der Waals surface area (Å²) in [5, 5.41) is 11.4. The minimum Gasteiger partial charge on any atom is -0.480 e. The molecule has 1 unspecified atom stereocenters. The monoisotopic (exact) mass is 328 g/mol. The van der Waals surface area contributed by atoms with Gasteiger partial charge in [-0.05, 0) is 31.7 Å². The third-order valence-electron chi connectivity index (χ3n) is 2.57. The molecule has 0 radical (unpaired) electrons. The van der Waals surface area contributed by atoms with E-state index in [-0.39, 0.29) is 25.0 Å². The molecule has 1 rings (SSSR count). The Morgan fingerprint density at radius 1 is 1.32 bits per heavy atom. The lowest BCUT2D eigenvalue weighted by Gasteiger charge is -2.18. The molecule has 0 fully saturated rings. The average molecular weight is 329 g/mol. The lowest BCUT2D eigenvalue weighted by molar-refractivity contribution is -0.138. The fourth-order valence-corrected chi connectivity index (χ4v) is 1.92. The van der Waals surface area contributed by atoms with Gasteiger partial charge in [0.25, 0.3) is 0 Å². The molecule has 0 heterocycles. The van der Waals surface area contributed by atoms with Crippen molar-refractivity contribution in [3.63, 3.8) is 0 Å². The number of carboxylic acid groups (broad SMARTS) is 1. The number of nitrogens with zero attached hydrogens (tertiary/aromatic N) is 1. The number of carbonyl (C=O) groups excluding carboxylic acids is 1. The lowest BCUT2D eigenvalue weighted by Crippen LogP contribution is -2.38. The number of carboxylic acids is 1. The molecule has 0 saturated carbocycles. The molecule has 1 aromatic carbocycles. The molecular formula is C13H17BrN2O3. The van der Waals surface area contributed by atoms with Gasteiger partial charge in [0.2, 0.25) is 5.91 Å². The first-order chi connectivity index (χ1) is 8.88. The van der Waals surface area contributed by atoms with Crippen LogP contribution in [-0.4, -0.2) is 42.0 Å². The van der Waals surface area contributed by atoms with E-state index in [4.69, 9.17) is 5.11 Å². The summed E-state index contributed by atoms with van der Waals surface area (Å²) < 4.78 is 0.982. The van der Waals surface area contributed by atoms with Crippen molar-refractivity contribution >= 4 is 27.8 Å². The summed E-state index contributed by atoms with van der Waals surface area (Å²) in [5.41, 5.74) is 0.998. The molecule has 1 atom stereocenters. The lowest BCUT2D eigenvalue weighted by atomic mass is 10.1. The normalized spacial score (nSPS) is 12.2. The van der Waals surface area contributed by atoms with Gasteiger partial charge >= 0.3 is 5.97 Å². The average Bonchev–Trinajstić information content (AvgIpc) is 2.27. The van der Waals surface area contributed by atoms with Crippen LogP contribution in [0.25, 0.3) is 0 Å². The van der Waals surface area contributed by atoms with E-state index in [1.54, 1.807) is 7.05 Å². The van der Waals surface area contributed by atoms with Gasteiger partial charge in [-0.2, -0.15) is 0 Å². The van der Waals surface area contributed by atoms with Gasteiger partial charge in [0.1, 0.15) is 0 Å². The Kier molecular flexibility index (Phi) is 5.98. The number of benzene rings is 1. The third-order valence-corrected chi connectivity index (χ3v) is 3.09. The van der Waals surface area contributed by atoms with E-state index in [0.29, 0.717) is 0 Å². The summed E-state index contributed by atoms with van der Waals surface area (Å²) in [6.45, 7) is 1.80. The van der Waals surface area contributed by atoms with Gasteiger partial charge in [0, 0.05) is 4.47 Å². The molecule has 0 aliphatic heterocycles. The molecule has 2 N–H and O–H groups in total. The van der Waals surface area contributed by atoms with E-state index in [1.165, 1.54) is 4.90 Å². The Hall–Kier alpha value is -1.40. The molecule has 0 aliphatic carbocycles. The predicted octanol–water partition coefficient (Wildman–Crippen LogP) is 1.64. The zero-order valence-corrected chi connectivity index (χ0v) is 12.5. The Labute approximate surface area is 120 Å². The van der Waals surface area contributed by atoms with Gasteiger partial charge in [-0.3, -0.25) is 14.5 Å². The topological polar surface area (TPSA) is 69.6 Å². The number of halogens is 1. The van der Waals surface area contributed by atoms with E-state index in [1.807, 2.05) is 31.2 Å². The van der Waals surface area contributed by atoms with Gasteiger partial charge in [0.15, 0.2) is 0 Å².